The molecule has 0 aliphatic carbocycles. The molecule has 2 N–H and O–H groups in total. The smallest absolute Gasteiger partial charge is 0.414 e. The molecular formula is C21H18ClFN2O5S. The molecule has 3 aromatic rings. The average Bonchev–Trinajstić information content (AvgIpc) is 3.24. The molecular weight excluding hydrogens is 447 g/mol. The molecule has 1 aliphatic rings. The first-order valence-corrected chi connectivity index (χ1v) is 10.6. The monoisotopic (exact) mass is 464 g/mol. The van der Waals surface area contributed by atoms with Crippen LogP contribution in [0.1, 0.15) is 16.9 Å². The number of carbonyl (C=O) groups excluding carboxylic acids is 1. The zero-order valence-electron chi connectivity index (χ0n) is 16.1. The Morgan fingerprint density at radius 2 is 2.03 bits per heavy atom. The maximum Gasteiger partial charge on any atom is 0.414 e. The van der Waals surface area contributed by atoms with Crippen molar-refractivity contribution in [3.8, 4) is 11.6 Å². The standard InChI is InChI=1S/C21H18ClFN2O5S/c22-13-3-6-17(16(23)10-13)25-11-15(30-21(25)28)7-8-29-14-4-1-12(2-5-14)9-18-19(26)24-20(27)31-18/h1-6,10,15,26H,7-9,11H2,(H,24,27). The van der Waals surface area contributed by atoms with E-state index in [0.29, 0.717) is 30.1 Å². The Labute approximate surface area is 185 Å². The van der Waals surface area contributed by atoms with E-state index in [1.165, 1.54) is 17.0 Å². The molecule has 1 amide bonds. The molecule has 0 bridgehead atoms. The van der Waals surface area contributed by atoms with Crippen LogP contribution in [0.5, 0.6) is 11.6 Å². The normalized spacial score (nSPS) is 15.9. The number of rotatable bonds is 7. The second-order valence-electron chi connectivity index (χ2n) is 6.96. The van der Waals surface area contributed by atoms with Crippen molar-refractivity contribution in [2.45, 2.75) is 18.9 Å². The van der Waals surface area contributed by atoms with Crippen LogP contribution >= 0.6 is 22.9 Å². The second kappa shape index (κ2) is 8.99. The molecule has 2 heterocycles. The van der Waals surface area contributed by atoms with Gasteiger partial charge in [-0.3, -0.25) is 14.7 Å². The number of hydrogen-bond acceptors (Lipinski definition) is 6. The Morgan fingerprint density at radius 3 is 2.71 bits per heavy atom. The van der Waals surface area contributed by atoms with Gasteiger partial charge in [0.05, 0.1) is 23.7 Å². The number of nitrogens with one attached hydrogen (secondary N) is 1. The number of ether oxygens (including phenoxy) is 2. The van der Waals surface area contributed by atoms with Gasteiger partial charge in [-0.2, -0.15) is 0 Å². The van der Waals surface area contributed by atoms with E-state index in [9.17, 15) is 19.1 Å². The SMILES string of the molecule is O=C1OC(CCOc2ccc(Cc3sc(=O)[nH]c3O)cc2)CN1c1ccc(Cl)cc1F. The third-order valence-corrected chi connectivity index (χ3v) is 5.88. The van der Waals surface area contributed by atoms with Gasteiger partial charge in [-0.25, -0.2) is 9.18 Å². The molecule has 1 fully saturated rings. The Hall–Kier alpha value is -3.04. The highest BCUT2D eigenvalue weighted by atomic mass is 35.5. The van der Waals surface area contributed by atoms with Crippen molar-refractivity contribution < 1.29 is 23.8 Å². The number of aromatic hydroxyl groups is 1. The molecule has 2 aromatic carbocycles. The Bertz CT molecular complexity index is 1150. The molecule has 0 spiro atoms. The lowest BCUT2D eigenvalue weighted by Gasteiger charge is -2.14. The van der Waals surface area contributed by atoms with Gasteiger partial charge in [-0.05, 0) is 35.9 Å². The highest BCUT2D eigenvalue weighted by molar-refractivity contribution is 7.09. The minimum absolute atomic E-state index is 0.103. The number of anilines is 1. The molecule has 4 rings (SSSR count). The van der Waals surface area contributed by atoms with Crippen LogP contribution in [0.4, 0.5) is 14.9 Å². The van der Waals surface area contributed by atoms with Gasteiger partial charge in [0, 0.05) is 17.9 Å². The van der Waals surface area contributed by atoms with E-state index in [0.717, 1.165) is 23.0 Å². The number of H-pyrrole nitrogens is 1. The number of carbonyl (C=O) groups is 1. The first-order chi connectivity index (χ1) is 14.9. The molecule has 1 aliphatic heterocycles. The van der Waals surface area contributed by atoms with E-state index in [4.69, 9.17) is 21.1 Å². The zero-order chi connectivity index (χ0) is 22.0. The number of amides is 1. The first-order valence-electron chi connectivity index (χ1n) is 9.45. The fraction of sp³-hybridized carbons (Fsp3) is 0.238. The molecule has 10 heteroatoms. The third-order valence-electron chi connectivity index (χ3n) is 4.77. The zero-order valence-corrected chi connectivity index (χ0v) is 17.7. The molecule has 1 atom stereocenters. The van der Waals surface area contributed by atoms with Crippen LogP contribution in [0, 0.1) is 5.82 Å². The molecule has 0 saturated carbocycles. The predicted molar refractivity (Wildman–Crippen MR) is 115 cm³/mol. The van der Waals surface area contributed by atoms with Crippen LogP contribution in [0.3, 0.4) is 0 Å². The van der Waals surface area contributed by atoms with Crippen LogP contribution in [0.15, 0.2) is 47.3 Å². The van der Waals surface area contributed by atoms with Gasteiger partial charge in [0.15, 0.2) is 0 Å². The quantitative estimate of drug-likeness (QED) is 0.543. The summed E-state index contributed by atoms with van der Waals surface area (Å²) >= 11 is 6.73. The molecule has 31 heavy (non-hydrogen) atoms. The van der Waals surface area contributed by atoms with Crippen molar-refractivity contribution in [3.63, 3.8) is 0 Å². The van der Waals surface area contributed by atoms with Crippen LogP contribution in [0.25, 0.3) is 0 Å². The number of aromatic amines is 1. The molecule has 7 nitrogen and oxygen atoms in total. The second-order valence-corrected chi connectivity index (χ2v) is 8.46. The van der Waals surface area contributed by atoms with E-state index >= 15 is 0 Å². The number of hydrogen-bond donors (Lipinski definition) is 2. The average molecular weight is 465 g/mol. The summed E-state index contributed by atoms with van der Waals surface area (Å²) in [6.45, 7) is 0.539. The predicted octanol–water partition coefficient (Wildman–Crippen LogP) is 4.32. The van der Waals surface area contributed by atoms with E-state index in [2.05, 4.69) is 4.98 Å². The van der Waals surface area contributed by atoms with Gasteiger partial charge in [0.1, 0.15) is 17.7 Å². The van der Waals surface area contributed by atoms with E-state index < -0.39 is 18.0 Å². The maximum absolute atomic E-state index is 14.1. The molecule has 1 unspecified atom stereocenters. The highest BCUT2D eigenvalue weighted by Gasteiger charge is 2.33. The van der Waals surface area contributed by atoms with Crippen molar-refractivity contribution in [2.75, 3.05) is 18.1 Å². The van der Waals surface area contributed by atoms with Crippen LogP contribution in [-0.2, 0) is 11.2 Å². The number of benzene rings is 2. The first kappa shape index (κ1) is 21.2. The molecule has 1 aromatic heterocycles. The highest BCUT2D eigenvalue weighted by Crippen LogP contribution is 2.28. The fourth-order valence-electron chi connectivity index (χ4n) is 3.24. The summed E-state index contributed by atoms with van der Waals surface area (Å²) in [7, 11) is 0. The van der Waals surface area contributed by atoms with Gasteiger partial charge in [-0.15, -0.1) is 0 Å². The Balaban J connectivity index is 1.28. The van der Waals surface area contributed by atoms with Crippen molar-refractivity contribution in [1.82, 2.24) is 4.98 Å². The minimum Gasteiger partial charge on any atom is -0.494 e. The summed E-state index contributed by atoms with van der Waals surface area (Å²) in [5.74, 6) is -0.0456. The van der Waals surface area contributed by atoms with Gasteiger partial charge in [-0.1, -0.05) is 35.1 Å². The van der Waals surface area contributed by atoms with Crippen LogP contribution < -0.4 is 14.5 Å². The largest absolute Gasteiger partial charge is 0.494 e. The molecule has 162 valence electrons. The number of thiazole rings is 1. The maximum atomic E-state index is 14.1. The molecule has 0 radical (unpaired) electrons. The lowest BCUT2D eigenvalue weighted by Crippen LogP contribution is -2.25. The van der Waals surface area contributed by atoms with Crippen molar-refractivity contribution in [3.05, 3.63) is 73.4 Å². The number of halogens is 2. The summed E-state index contributed by atoms with van der Waals surface area (Å²) in [6.07, 6.45) is -0.137. The summed E-state index contributed by atoms with van der Waals surface area (Å²) in [6, 6.07) is 11.4. The minimum atomic E-state index is -0.606. The number of aromatic nitrogens is 1. The van der Waals surface area contributed by atoms with Gasteiger partial charge >= 0.3 is 11.0 Å². The van der Waals surface area contributed by atoms with Gasteiger partial charge in [0.2, 0.25) is 5.88 Å². The fourth-order valence-corrected chi connectivity index (χ4v) is 4.15. The van der Waals surface area contributed by atoms with Crippen LogP contribution in [0.2, 0.25) is 5.02 Å². The lowest BCUT2D eigenvalue weighted by atomic mass is 10.1. The summed E-state index contributed by atoms with van der Waals surface area (Å²) in [5.41, 5.74) is 1.05. The van der Waals surface area contributed by atoms with E-state index in [1.807, 2.05) is 12.1 Å². The topological polar surface area (TPSA) is 91.9 Å². The van der Waals surface area contributed by atoms with Crippen molar-refractivity contribution in [1.29, 1.82) is 0 Å². The number of cyclic esters (lactones) is 1. The van der Waals surface area contributed by atoms with Crippen molar-refractivity contribution in [2.24, 2.45) is 0 Å². The lowest BCUT2D eigenvalue weighted by molar-refractivity contribution is 0.125. The Morgan fingerprint density at radius 1 is 1.26 bits per heavy atom. The van der Waals surface area contributed by atoms with Gasteiger partial charge < -0.3 is 14.6 Å². The molecule has 1 saturated heterocycles. The third kappa shape index (κ3) is 5.00. The summed E-state index contributed by atoms with van der Waals surface area (Å²) in [5, 5.41) is 9.92. The Kier molecular flexibility index (Phi) is 6.15. The van der Waals surface area contributed by atoms with Crippen LogP contribution in [-0.4, -0.2) is 35.4 Å². The number of nitrogens with zero attached hydrogens (tertiary/aromatic N) is 1. The summed E-state index contributed by atoms with van der Waals surface area (Å²) in [4.78, 5) is 27.2. The summed E-state index contributed by atoms with van der Waals surface area (Å²) < 4.78 is 25.1. The van der Waals surface area contributed by atoms with E-state index in [1.54, 1.807) is 12.1 Å². The van der Waals surface area contributed by atoms with Crippen molar-refractivity contribution >= 4 is 34.7 Å². The van der Waals surface area contributed by atoms with E-state index in [-0.39, 0.29) is 28.0 Å². The van der Waals surface area contributed by atoms with Gasteiger partial charge in [0.25, 0.3) is 0 Å².